The van der Waals surface area contributed by atoms with Crippen LogP contribution < -0.4 is 5.73 Å². The predicted octanol–water partition coefficient (Wildman–Crippen LogP) is -1.85. The van der Waals surface area contributed by atoms with Crippen LogP contribution in [0.5, 0.6) is 0 Å². The van der Waals surface area contributed by atoms with Gasteiger partial charge in [0.1, 0.15) is 0 Å². The SMILES string of the molecule is CC(C(N)=O)N(CCO)CCO. The van der Waals surface area contributed by atoms with Crippen molar-refractivity contribution >= 4 is 5.91 Å². The molecule has 0 aromatic heterocycles. The molecule has 0 radical (unpaired) electrons. The van der Waals surface area contributed by atoms with Gasteiger partial charge in [0.05, 0.1) is 19.3 Å². The first-order valence-corrected chi connectivity index (χ1v) is 3.88. The Morgan fingerprint density at radius 2 is 1.83 bits per heavy atom. The minimum absolute atomic E-state index is 0.0440. The number of nitrogens with zero attached hydrogens (tertiary/aromatic N) is 1. The van der Waals surface area contributed by atoms with E-state index in [1.54, 1.807) is 11.8 Å². The van der Waals surface area contributed by atoms with Gasteiger partial charge in [-0.2, -0.15) is 0 Å². The number of carbonyl (C=O) groups excluding carboxylic acids is 1. The van der Waals surface area contributed by atoms with E-state index in [0.29, 0.717) is 13.1 Å². The first kappa shape index (κ1) is 11.4. The molecule has 0 aliphatic carbocycles. The summed E-state index contributed by atoms with van der Waals surface area (Å²) >= 11 is 0. The monoisotopic (exact) mass is 176 g/mol. The third-order valence-electron chi connectivity index (χ3n) is 1.73. The average Bonchev–Trinajstić information content (AvgIpc) is 2.03. The zero-order chi connectivity index (χ0) is 9.56. The Morgan fingerprint density at radius 3 is 2.08 bits per heavy atom. The van der Waals surface area contributed by atoms with E-state index in [1.807, 2.05) is 0 Å². The summed E-state index contributed by atoms with van der Waals surface area (Å²) in [4.78, 5) is 12.3. The van der Waals surface area contributed by atoms with Gasteiger partial charge >= 0.3 is 0 Å². The van der Waals surface area contributed by atoms with Crippen LogP contribution in [0.2, 0.25) is 0 Å². The lowest BCUT2D eigenvalue weighted by Crippen LogP contribution is -2.45. The van der Waals surface area contributed by atoms with Crippen LogP contribution in [0.3, 0.4) is 0 Å². The maximum Gasteiger partial charge on any atom is 0.234 e. The second-order valence-corrected chi connectivity index (χ2v) is 2.56. The summed E-state index contributed by atoms with van der Waals surface area (Å²) in [5.74, 6) is -0.447. The van der Waals surface area contributed by atoms with Gasteiger partial charge in [-0.15, -0.1) is 0 Å². The molecule has 72 valence electrons. The van der Waals surface area contributed by atoms with E-state index in [2.05, 4.69) is 0 Å². The Kier molecular flexibility index (Phi) is 5.61. The third-order valence-corrected chi connectivity index (χ3v) is 1.73. The largest absolute Gasteiger partial charge is 0.395 e. The first-order valence-electron chi connectivity index (χ1n) is 3.88. The normalized spacial score (nSPS) is 13.3. The van der Waals surface area contributed by atoms with Crippen molar-refractivity contribution in [2.45, 2.75) is 13.0 Å². The number of carbonyl (C=O) groups is 1. The maximum absolute atomic E-state index is 10.7. The van der Waals surface area contributed by atoms with Gasteiger partial charge in [-0.05, 0) is 6.92 Å². The highest BCUT2D eigenvalue weighted by Crippen LogP contribution is 1.96. The van der Waals surface area contributed by atoms with Gasteiger partial charge in [0.15, 0.2) is 0 Å². The van der Waals surface area contributed by atoms with Crippen molar-refractivity contribution in [2.75, 3.05) is 26.3 Å². The Bertz CT molecular complexity index is 135. The zero-order valence-corrected chi connectivity index (χ0v) is 7.23. The molecule has 12 heavy (non-hydrogen) atoms. The van der Waals surface area contributed by atoms with E-state index in [9.17, 15) is 4.79 Å². The van der Waals surface area contributed by atoms with Crippen molar-refractivity contribution in [3.8, 4) is 0 Å². The molecule has 0 fully saturated rings. The van der Waals surface area contributed by atoms with E-state index < -0.39 is 11.9 Å². The van der Waals surface area contributed by atoms with Crippen molar-refractivity contribution in [3.05, 3.63) is 0 Å². The van der Waals surface area contributed by atoms with Crippen LogP contribution in [0.15, 0.2) is 0 Å². The highest BCUT2D eigenvalue weighted by Gasteiger charge is 2.16. The van der Waals surface area contributed by atoms with Crippen molar-refractivity contribution < 1.29 is 15.0 Å². The average molecular weight is 176 g/mol. The fraction of sp³-hybridized carbons (Fsp3) is 0.857. The molecule has 0 saturated heterocycles. The molecule has 5 heteroatoms. The summed E-state index contributed by atoms with van der Waals surface area (Å²) < 4.78 is 0. The number of rotatable bonds is 6. The van der Waals surface area contributed by atoms with Crippen LogP contribution in [0.4, 0.5) is 0 Å². The molecule has 4 N–H and O–H groups in total. The van der Waals surface area contributed by atoms with Crippen LogP contribution in [-0.4, -0.2) is 53.4 Å². The number of aliphatic hydroxyl groups excluding tert-OH is 2. The van der Waals surface area contributed by atoms with Gasteiger partial charge in [-0.1, -0.05) is 0 Å². The van der Waals surface area contributed by atoms with Crippen molar-refractivity contribution in [1.82, 2.24) is 4.90 Å². The van der Waals surface area contributed by atoms with Crippen LogP contribution in [0.1, 0.15) is 6.92 Å². The Morgan fingerprint density at radius 1 is 1.42 bits per heavy atom. The summed E-state index contributed by atoms with van der Waals surface area (Å²) in [6.07, 6.45) is 0. The molecule has 0 aromatic rings. The lowest BCUT2D eigenvalue weighted by Gasteiger charge is -2.24. The van der Waals surface area contributed by atoms with E-state index in [1.165, 1.54) is 0 Å². The lowest BCUT2D eigenvalue weighted by molar-refractivity contribution is -0.123. The van der Waals surface area contributed by atoms with E-state index in [-0.39, 0.29) is 13.2 Å². The highest BCUT2D eigenvalue weighted by molar-refractivity contribution is 5.79. The van der Waals surface area contributed by atoms with Gasteiger partial charge in [-0.3, -0.25) is 9.69 Å². The standard InChI is InChI=1S/C7H16N2O3/c1-6(7(8)12)9(2-4-10)3-5-11/h6,10-11H,2-5H2,1H3,(H2,8,12). The molecular formula is C7H16N2O3. The van der Waals surface area contributed by atoms with Crippen LogP contribution in [0, 0.1) is 0 Å². The van der Waals surface area contributed by atoms with E-state index >= 15 is 0 Å². The lowest BCUT2D eigenvalue weighted by atomic mass is 10.2. The summed E-state index contributed by atoms with van der Waals surface area (Å²) in [6, 6.07) is -0.440. The molecule has 5 nitrogen and oxygen atoms in total. The summed E-state index contributed by atoms with van der Waals surface area (Å²) in [6.45, 7) is 2.26. The van der Waals surface area contributed by atoms with Crippen LogP contribution in [-0.2, 0) is 4.79 Å². The maximum atomic E-state index is 10.7. The second kappa shape index (κ2) is 5.93. The van der Waals surface area contributed by atoms with Crippen molar-refractivity contribution in [3.63, 3.8) is 0 Å². The topological polar surface area (TPSA) is 86.8 Å². The molecule has 1 atom stereocenters. The molecule has 0 aromatic carbocycles. The highest BCUT2D eigenvalue weighted by atomic mass is 16.3. The smallest absolute Gasteiger partial charge is 0.234 e. The minimum atomic E-state index is -0.447. The van der Waals surface area contributed by atoms with Crippen molar-refractivity contribution in [2.24, 2.45) is 5.73 Å². The molecule has 0 aliphatic heterocycles. The predicted molar refractivity (Wildman–Crippen MR) is 44.4 cm³/mol. The number of hydrogen-bond acceptors (Lipinski definition) is 4. The first-order chi connectivity index (χ1) is 5.63. The van der Waals surface area contributed by atoms with Crippen LogP contribution >= 0.6 is 0 Å². The summed E-state index contributed by atoms with van der Waals surface area (Å²) in [5.41, 5.74) is 5.05. The van der Waals surface area contributed by atoms with E-state index in [0.717, 1.165) is 0 Å². The molecule has 0 heterocycles. The summed E-state index contributed by atoms with van der Waals surface area (Å²) in [7, 11) is 0. The zero-order valence-electron chi connectivity index (χ0n) is 7.23. The number of primary amides is 1. The third kappa shape index (κ3) is 3.66. The molecule has 0 aliphatic rings. The number of nitrogens with two attached hydrogens (primary N) is 1. The van der Waals surface area contributed by atoms with Crippen molar-refractivity contribution in [1.29, 1.82) is 0 Å². The van der Waals surface area contributed by atoms with Gasteiger partial charge in [0, 0.05) is 13.1 Å². The van der Waals surface area contributed by atoms with Crippen LogP contribution in [0.25, 0.3) is 0 Å². The summed E-state index contributed by atoms with van der Waals surface area (Å²) in [5, 5.41) is 17.2. The van der Waals surface area contributed by atoms with Gasteiger partial charge in [0.2, 0.25) is 5.91 Å². The molecule has 0 rings (SSSR count). The Labute approximate surface area is 71.8 Å². The fourth-order valence-electron chi connectivity index (χ4n) is 0.936. The number of hydrogen-bond donors (Lipinski definition) is 3. The minimum Gasteiger partial charge on any atom is -0.395 e. The quantitative estimate of drug-likeness (QED) is 0.443. The molecule has 0 saturated carbocycles. The fourth-order valence-corrected chi connectivity index (χ4v) is 0.936. The number of aliphatic hydroxyl groups is 2. The van der Waals surface area contributed by atoms with Gasteiger partial charge in [0.25, 0.3) is 0 Å². The second-order valence-electron chi connectivity index (χ2n) is 2.56. The molecule has 0 spiro atoms. The Balaban J connectivity index is 3.98. The van der Waals surface area contributed by atoms with Gasteiger partial charge < -0.3 is 15.9 Å². The molecular weight excluding hydrogens is 160 g/mol. The molecule has 1 amide bonds. The Hall–Kier alpha value is -0.650. The van der Waals surface area contributed by atoms with Gasteiger partial charge in [-0.25, -0.2) is 0 Å². The van der Waals surface area contributed by atoms with E-state index in [4.69, 9.17) is 15.9 Å². The molecule has 0 bridgehead atoms. The molecule has 1 unspecified atom stereocenters. The number of amides is 1.